The van der Waals surface area contributed by atoms with Crippen LogP contribution in [0.2, 0.25) is 0 Å². The summed E-state index contributed by atoms with van der Waals surface area (Å²) in [6.45, 7) is 6.94. The van der Waals surface area contributed by atoms with Crippen LogP contribution in [0.25, 0.3) is 0 Å². The first kappa shape index (κ1) is 15.2. The second kappa shape index (κ2) is 6.07. The zero-order valence-corrected chi connectivity index (χ0v) is 14.1. The van der Waals surface area contributed by atoms with Crippen molar-refractivity contribution in [3.63, 3.8) is 0 Å². The molecule has 0 fully saturated rings. The number of hydrazine groups is 1. The summed E-state index contributed by atoms with van der Waals surface area (Å²) >= 11 is 5.15. The van der Waals surface area contributed by atoms with E-state index in [2.05, 4.69) is 63.5 Å². The maximum atomic E-state index is 5.47. The second-order valence-corrected chi connectivity index (χ2v) is 7.96. The van der Waals surface area contributed by atoms with Gasteiger partial charge in [0.15, 0.2) is 0 Å². The molecule has 108 valence electrons. The summed E-state index contributed by atoms with van der Waals surface area (Å²) in [4.78, 5) is 10.2. The van der Waals surface area contributed by atoms with Crippen molar-refractivity contribution in [2.24, 2.45) is 5.84 Å². The minimum Gasteiger partial charge on any atom is -0.365 e. The molecular formula is C13H18BrN5S. The number of thiophene rings is 1. The number of nitrogens with two attached hydrogens (primary N) is 1. The van der Waals surface area contributed by atoms with Gasteiger partial charge in [0.1, 0.15) is 17.5 Å². The van der Waals surface area contributed by atoms with Gasteiger partial charge in [-0.05, 0) is 28.1 Å². The molecule has 4 N–H and O–H groups in total. The Hall–Kier alpha value is -1.18. The highest BCUT2D eigenvalue weighted by molar-refractivity contribution is 9.11. The molecule has 0 atom stereocenters. The maximum Gasteiger partial charge on any atom is 0.145 e. The first-order valence-electron chi connectivity index (χ1n) is 6.23. The zero-order valence-electron chi connectivity index (χ0n) is 11.7. The van der Waals surface area contributed by atoms with Crippen LogP contribution in [0.5, 0.6) is 0 Å². The molecule has 0 aromatic carbocycles. The van der Waals surface area contributed by atoms with E-state index in [1.54, 1.807) is 17.4 Å². The Morgan fingerprint density at radius 3 is 2.50 bits per heavy atom. The average molecular weight is 356 g/mol. The van der Waals surface area contributed by atoms with Crippen LogP contribution in [-0.4, -0.2) is 9.97 Å². The molecule has 0 aliphatic heterocycles. The Balaban J connectivity index is 2.18. The number of halogens is 1. The van der Waals surface area contributed by atoms with E-state index in [1.807, 2.05) is 6.07 Å². The van der Waals surface area contributed by atoms with E-state index in [9.17, 15) is 0 Å². The Kier molecular flexibility index (Phi) is 4.62. The largest absolute Gasteiger partial charge is 0.365 e. The quantitative estimate of drug-likeness (QED) is 0.578. The van der Waals surface area contributed by atoms with Crippen LogP contribution in [0, 0.1) is 0 Å². The van der Waals surface area contributed by atoms with Crippen LogP contribution in [0.1, 0.15) is 31.5 Å². The monoisotopic (exact) mass is 355 g/mol. The van der Waals surface area contributed by atoms with Crippen LogP contribution >= 0.6 is 27.3 Å². The highest BCUT2D eigenvalue weighted by Crippen LogP contribution is 2.24. The second-order valence-electron chi connectivity index (χ2n) is 5.42. The van der Waals surface area contributed by atoms with Crippen molar-refractivity contribution in [3.05, 3.63) is 32.7 Å². The molecule has 0 aliphatic carbocycles. The van der Waals surface area contributed by atoms with Gasteiger partial charge in [-0.15, -0.1) is 11.3 Å². The van der Waals surface area contributed by atoms with E-state index < -0.39 is 0 Å². The van der Waals surface area contributed by atoms with Crippen molar-refractivity contribution >= 4 is 38.9 Å². The first-order valence-corrected chi connectivity index (χ1v) is 7.83. The van der Waals surface area contributed by atoms with E-state index in [0.717, 1.165) is 22.0 Å². The number of aromatic nitrogens is 2. The van der Waals surface area contributed by atoms with E-state index >= 15 is 0 Å². The predicted molar refractivity (Wildman–Crippen MR) is 87.9 cm³/mol. The third-order valence-electron chi connectivity index (χ3n) is 2.62. The topological polar surface area (TPSA) is 75.9 Å². The lowest BCUT2D eigenvalue weighted by molar-refractivity contribution is 0.546. The fourth-order valence-corrected chi connectivity index (χ4v) is 2.99. The molecule has 5 nitrogen and oxygen atoms in total. The summed E-state index contributed by atoms with van der Waals surface area (Å²) in [5.41, 5.74) is 2.46. The van der Waals surface area contributed by atoms with Crippen LogP contribution in [0.3, 0.4) is 0 Å². The van der Waals surface area contributed by atoms with Crippen molar-refractivity contribution in [3.8, 4) is 0 Å². The van der Waals surface area contributed by atoms with Crippen molar-refractivity contribution in [2.75, 3.05) is 10.7 Å². The molecule has 0 aliphatic rings. The van der Waals surface area contributed by atoms with Gasteiger partial charge in [-0.3, -0.25) is 0 Å². The molecule has 0 bridgehead atoms. The van der Waals surface area contributed by atoms with Crippen LogP contribution in [-0.2, 0) is 12.0 Å². The molecule has 2 heterocycles. The van der Waals surface area contributed by atoms with Crippen molar-refractivity contribution in [1.82, 2.24) is 9.97 Å². The first-order chi connectivity index (χ1) is 9.38. The minimum atomic E-state index is -0.130. The average Bonchev–Trinajstić information content (AvgIpc) is 2.81. The fourth-order valence-electron chi connectivity index (χ4n) is 1.57. The number of hydrogen-bond donors (Lipinski definition) is 3. The van der Waals surface area contributed by atoms with Gasteiger partial charge >= 0.3 is 0 Å². The standard InChI is InChI=1S/C13H18BrN5S/c1-13(2,3)12-17-10(6-11(18-12)19-15)16-7-8-4-5-9(14)20-8/h4-6H,7,15H2,1-3H3,(H2,16,17,18,19). The van der Waals surface area contributed by atoms with Gasteiger partial charge in [0, 0.05) is 16.4 Å². The molecule has 20 heavy (non-hydrogen) atoms. The lowest BCUT2D eigenvalue weighted by atomic mass is 9.96. The van der Waals surface area contributed by atoms with Gasteiger partial charge in [0.05, 0.1) is 10.3 Å². The molecule has 0 unspecified atom stereocenters. The smallest absolute Gasteiger partial charge is 0.145 e. The molecule has 0 radical (unpaired) electrons. The summed E-state index contributed by atoms with van der Waals surface area (Å²) in [5, 5.41) is 3.30. The molecule has 0 saturated carbocycles. The number of rotatable bonds is 4. The lowest BCUT2D eigenvalue weighted by Gasteiger charge is -2.18. The molecule has 2 aromatic heterocycles. The molecule has 0 amide bonds. The maximum absolute atomic E-state index is 5.47. The highest BCUT2D eigenvalue weighted by atomic mass is 79.9. The lowest BCUT2D eigenvalue weighted by Crippen LogP contribution is -2.19. The number of nitrogens with zero attached hydrogens (tertiary/aromatic N) is 2. The van der Waals surface area contributed by atoms with Gasteiger partial charge in [0.25, 0.3) is 0 Å². The Morgan fingerprint density at radius 1 is 1.25 bits per heavy atom. The van der Waals surface area contributed by atoms with Crippen molar-refractivity contribution < 1.29 is 0 Å². The third kappa shape index (κ3) is 3.91. The SMILES string of the molecule is CC(C)(C)c1nc(NN)cc(NCc2ccc(Br)s2)n1. The molecule has 0 spiro atoms. The van der Waals surface area contributed by atoms with Gasteiger partial charge in [-0.1, -0.05) is 20.8 Å². The number of nitrogens with one attached hydrogen (secondary N) is 2. The van der Waals surface area contributed by atoms with E-state index in [4.69, 9.17) is 5.84 Å². The molecule has 7 heteroatoms. The normalized spacial score (nSPS) is 11.4. The summed E-state index contributed by atoms with van der Waals surface area (Å²) < 4.78 is 1.12. The van der Waals surface area contributed by atoms with Crippen LogP contribution in [0.4, 0.5) is 11.6 Å². The Bertz CT molecular complexity index is 591. The van der Waals surface area contributed by atoms with Gasteiger partial charge < -0.3 is 10.7 Å². The summed E-state index contributed by atoms with van der Waals surface area (Å²) in [5.74, 6) is 7.60. The van der Waals surface area contributed by atoms with E-state index in [0.29, 0.717) is 5.82 Å². The summed E-state index contributed by atoms with van der Waals surface area (Å²) in [7, 11) is 0. The predicted octanol–water partition coefficient (Wildman–Crippen LogP) is 3.50. The fraction of sp³-hybridized carbons (Fsp3) is 0.385. The van der Waals surface area contributed by atoms with Crippen molar-refractivity contribution in [2.45, 2.75) is 32.7 Å². The summed E-state index contributed by atoms with van der Waals surface area (Å²) in [6.07, 6.45) is 0. The number of hydrogen-bond acceptors (Lipinski definition) is 6. The van der Waals surface area contributed by atoms with Crippen molar-refractivity contribution in [1.29, 1.82) is 0 Å². The molecule has 0 saturated heterocycles. The Labute approximate surface area is 131 Å². The highest BCUT2D eigenvalue weighted by Gasteiger charge is 2.19. The summed E-state index contributed by atoms with van der Waals surface area (Å²) in [6, 6.07) is 5.92. The van der Waals surface area contributed by atoms with E-state index in [-0.39, 0.29) is 5.41 Å². The van der Waals surface area contributed by atoms with Gasteiger partial charge in [-0.2, -0.15) is 0 Å². The third-order valence-corrected chi connectivity index (χ3v) is 4.24. The van der Waals surface area contributed by atoms with Gasteiger partial charge in [0.2, 0.25) is 0 Å². The van der Waals surface area contributed by atoms with E-state index in [1.165, 1.54) is 4.88 Å². The van der Waals surface area contributed by atoms with Gasteiger partial charge in [-0.25, -0.2) is 15.8 Å². The molecular weight excluding hydrogens is 338 g/mol. The molecule has 2 rings (SSSR count). The van der Waals surface area contributed by atoms with Crippen LogP contribution < -0.4 is 16.6 Å². The zero-order chi connectivity index (χ0) is 14.8. The molecule has 2 aromatic rings. The Morgan fingerprint density at radius 2 is 1.95 bits per heavy atom. The minimum absolute atomic E-state index is 0.130. The number of nitrogen functional groups attached to an aromatic ring is 1. The number of anilines is 2. The van der Waals surface area contributed by atoms with Crippen LogP contribution in [0.15, 0.2) is 22.0 Å².